The van der Waals surface area contributed by atoms with Gasteiger partial charge in [-0.15, -0.1) is 0 Å². The highest BCUT2D eigenvalue weighted by atomic mass is 19.1. The van der Waals surface area contributed by atoms with Crippen LogP contribution in [0, 0.1) is 5.95 Å². The third-order valence-electron chi connectivity index (χ3n) is 2.01. The van der Waals surface area contributed by atoms with E-state index in [0.717, 1.165) is 0 Å². The fourth-order valence-corrected chi connectivity index (χ4v) is 1.11. The Labute approximate surface area is 96.4 Å². The average molecular weight is 242 g/mol. The van der Waals surface area contributed by atoms with E-state index in [0.29, 0.717) is 0 Å². The number of hydrogen-bond donors (Lipinski definition) is 2. The number of ether oxygens (including phenoxy) is 1. The molecule has 1 atom stereocenters. The maximum atomic E-state index is 13.1. The molecule has 1 heterocycles. The van der Waals surface area contributed by atoms with Crippen molar-refractivity contribution in [3.8, 4) is 0 Å². The van der Waals surface area contributed by atoms with Crippen molar-refractivity contribution < 1.29 is 23.8 Å². The van der Waals surface area contributed by atoms with Gasteiger partial charge < -0.3 is 15.2 Å². The molecule has 92 valence electrons. The number of carbonyl (C=O) groups excluding carboxylic acids is 1. The molecule has 0 aliphatic carbocycles. The quantitative estimate of drug-likeness (QED) is 0.712. The molecule has 0 aliphatic rings. The summed E-state index contributed by atoms with van der Waals surface area (Å²) < 4.78 is 17.7. The Kier molecular flexibility index (Phi) is 4.53. The standard InChI is InChI=1S/C10H11FN2O4/c1-17-7(10(15)16)5-13-9(14)6-3-2-4-12-8(6)11/h2-4,7H,5H2,1H3,(H,13,14)(H,15,16). The van der Waals surface area contributed by atoms with Crippen molar-refractivity contribution >= 4 is 11.9 Å². The van der Waals surface area contributed by atoms with Crippen molar-refractivity contribution in [3.05, 3.63) is 29.8 Å². The topological polar surface area (TPSA) is 88.5 Å². The molecule has 1 unspecified atom stereocenters. The van der Waals surface area contributed by atoms with E-state index in [1.807, 2.05) is 0 Å². The third kappa shape index (κ3) is 3.49. The van der Waals surface area contributed by atoms with E-state index >= 15 is 0 Å². The molecule has 1 aromatic heterocycles. The van der Waals surface area contributed by atoms with E-state index in [1.165, 1.54) is 25.4 Å². The number of pyridine rings is 1. The third-order valence-corrected chi connectivity index (χ3v) is 2.01. The van der Waals surface area contributed by atoms with Crippen molar-refractivity contribution in [3.63, 3.8) is 0 Å². The number of nitrogens with zero attached hydrogens (tertiary/aromatic N) is 1. The number of methoxy groups -OCH3 is 1. The number of aromatic nitrogens is 1. The van der Waals surface area contributed by atoms with Crippen LogP contribution in [0.2, 0.25) is 0 Å². The van der Waals surface area contributed by atoms with Gasteiger partial charge in [-0.1, -0.05) is 0 Å². The fourth-order valence-electron chi connectivity index (χ4n) is 1.11. The molecule has 0 bridgehead atoms. The number of amides is 1. The SMILES string of the molecule is COC(CNC(=O)c1cccnc1F)C(=O)O. The van der Waals surface area contributed by atoms with Crippen molar-refractivity contribution in [2.24, 2.45) is 0 Å². The Morgan fingerprint density at radius 1 is 1.65 bits per heavy atom. The van der Waals surface area contributed by atoms with Crippen LogP contribution in [0.15, 0.2) is 18.3 Å². The van der Waals surface area contributed by atoms with Crippen LogP contribution in [0.25, 0.3) is 0 Å². The number of carbonyl (C=O) groups is 2. The van der Waals surface area contributed by atoms with Crippen LogP contribution in [-0.2, 0) is 9.53 Å². The zero-order chi connectivity index (χ0) is 12.8. The molecule has 1 aromatic rings. The van der Waals surface area contributed by atoms with E-state index < -0.39 is 23.9 Å². The molecule has 0 spiro atoms. The Bertz CT molecular complexity index is 425. The molecule has 7 heteroatoms. The second-order valence-electron chi connectivity index (χ2n) is 3.11. The zero-order valence-corrected chi connectivity index (χ0v) is 9.01. The Hall–Kier alpha value is -2.02. The molecule has 0 fully saturated rings. The maximum Gasteiger partial charge on any atom is 0.334 e. The molecule has 6 nitrogen and oxygen atoms in total. The summed E-state index contributed by atoms with van der Waals surface area (Å²) in [5.74, 6) is -2.85. The first-order chi connectivity index (χ1) is 8.06. The van der Waals surface area contributed by atoms with Gasteiger partial charge in [-0.2, -0.15) is 4.39 Å². The smallest absolute Gasteiger partial charge is 0.334 e. The van der Waals surface area contributed by atoms with Gasteiger partial charge in [0.2, 0.25) is 5.95 Å². The Morgan fingerprint density at radius 2 is 2.35 bits per heavy atom. The monoisotopic (exact) mass is 242 g/mol. The van der Waals surface area contributed by atoms with Gasteiger partial charge in [-0.05, 0) is 12.1 Å². The first-order valence-electron chi connectivity index (χ1n) is 4.70. The lowest BCUT2D eigenvalue weighted by Crippen LogP contribution is -2.38. The summed E-state index contributed by atoms with van der Waals surface area (Å²) in [7, 11) is 1.20. The summed E-state index contributed by atoms with van der Waals surface area (Å²) in [4.78, 5) is 25.4. The number of carboxylic acids is 1. The van der Waals surface area contributed by atoms with Gasteiger partial charge in [0.25, 0.3) is 5.91 Å². The number of carboxylic acid groups (broad SMARTS) is 1. The molecule has 1 amide bonds. The normalized spacial score (nSPS) is 11.9. The van der Waals surface area contributed by atoms with E-state index in [1.54, 1.807) is 0 Å². The lowest BCUT2D eigenvalue weighted by molar-refractivity contribution is -0.148. The number of nitrogens with one attached hydrogen (secondary N) is 1. The first-order valence-corrected chi connectivity index (χ1v) is 4.70. The molecular formula is C10H11FN2O4. The highest BCUT2D eigenvalue weighted by Gasteiger charge is 2.19. The van der Waals surface area contributed by atoms with E-state index in [4.69, 9.17) is 5.11 Å². The summed E-state index contributed by atoms with van der Waals surface area (Å²) in [5, 5.41) is 10.9. The van der Waals surface area contributed by atoms with Crippen LogP contribution in [-0.4, -0.2) is 41.7 Å². The first kappa shape index (κ1) is 13.0. The van der Waals surface area contributed by atoms with Crippen LogP contribution < -0.4 is 5.32 Å². The van der Waals surface area contributed by atoms with Crippen molar-refractivity contribution in [1.29, 1.82) is 0 Å². The van der Waals surface area contributed by atoms with Crippen LogP contribution in [0.1, 0.15) is 10.4 Å². The number of aliphatic carboxylic acids is 1. The van der Waals surface area contributed by atoms with Gasteiger partial charge >= 0.3 is 5.97 Å². The molecule has 0 saturated heterocycles. The predicted molar refractivity (Wildman–Crippen MR) is 55.0 cm³/mol. The summed E-state index contributed by atoms with van der Waals surface area (Å²) in [5.41, 5.74) is -0.243. The van der Waals surface area contributed by atoms with Crippen molar-refractivity contribution in [2.45, 2.75) is 6.10 Å². The highest BCUT2D eigenvalue weighted by molar-refractivity contribution is 5.94. The molecule has 0 saturated carbocycles. The number of halogens is 1. The van der Waals surface area contributed by atoms with Crippen molar-refractivity contribution in [2.75, 3.05) is 13.7 Å². The van der Waals surface area contributed by atoms with E-state index in [2.05, 4.69) is 15.0 Å². The molecule has 0 aromatic carbocycles. The highest BCUT2D eigenvalue weighted by Crippen LogP contribution is 2.02. The van der Waals surface area contributed by atoms with Gasteiger partial charge in [0.05, 0.1) is 12.1 Å². The van der Waals surface area contributed by atoms with Gasteiger partial charge in [0.1, 0.15) is 0 Å². The molecule has 0 radical (unpaired) electrons. The van der Waals surface area contributed by atoms with Gasteiger partial charge in [-0.25, -0.2) is 9.78 Å². The molecule has 0 aliphatic heterocycles. The molecule has 17 heavy (non-hydrogen) atoms. The zero-order valence-electron chi connectivity index (χ0n) is 9.01. The summed E-state index contributed by atoms with van der Waals surface area (Å²) in [6.45, 7) is -0.251. The molecule has 2 N–H and O–H groups in total. The minimum absolute atomic E-state index is 0.243. The second-order valence-corrected chi connectivity index (χ2v) is 3.11. The van der Waals surface area contributed by atoms with E-state index in [9.17, 15) is 14.0 Å². The largest absolute Gasteiger partial charge is 0.479 e. The van der Waals surface area contributed by atoms with Crippen LogP contribution >= 0.6 is 0 Å². The predicted octanol–water partition coefficient (Wildman–Crippen LogP) is 0.0501. The number of rotatable bonds is 5. The summed E-state index contributed by atoms with van der Waals surface area (Å²) >= 11 is 0. The van der Waals surface area contributed by atoms with Crippen LogP contribution in [0.4, 0.5) is 4.39 Å². The van der Waals surface area contributed by atoms with Gasteiger partial charge in [0.15, 0.2) is 6.10 Å². The van der Waals surface area contributed by atoms with Crippen LogP contribution in [0.3, 0.4) is 0 Å². The lowest BCUT2D eigenvalue weighted by Gasteiger charge is -2.11. The van der Waals surface area contributed by atoms with E-state index in [-0.39, 0.29) is 12.1 Å². The van der Waals surface area contributed by atoms with Gasteiger partial charge in [-0.3, -0.25) is 4.79 Å². The summed E-state index contributed by atoms with van der Waals surface area (Å²) in [6.07, 6.45) is 0.0418. The van der Waals surface area contributed by atoms with Gasteiger partial charge in [0, 0.05) is 13.3 Å². The fraction of sp³-hybridized carbons (Fsp3) is 0.300. The minimum atomic E-state index is -1.21. The maximum absolute atomic E-state index is 13.1. The second kappa shape index (κ2) is 5.90. The molecular weight excluding hydrogens is 231 g/mol. The van der Waals surface area contributed by atoms with Crippen LogP contribution in [0.5, 0.6) is 0 Å². The lowest BCUT2D eigenvalue weighted by atomic mass is 10.2. The number of hydrogen-bond acceptors (Lipinski definition) is 4. The Morgan fingerprint density at radius 3 is 2.88 bits per heavy atom. The molecule has 1 rings (SSSR count). The average Bonchev–Trinajstić information content (AvgIpc) is 2.29. The summed E-state index contributed by atoms with van der Waals surface area (Å²) in [6, 6.07) is 2.66. The minimum Gasteiger partial charge on any atom is -0.479 e. The Balaban J connectivity index is 2.62. The van der Waals surface area contributed by atoms with Crippen molar-refractivity contribution in [1.82, 2.24) is 10.3 Å².